The monoisotopic (exact) mass is 666 g/mol. The Morgan fingerprint density at radius 3 is 2.15 bits per heavy atom. The van der Waals surface area contributed by atoms with Crippen molar-refractivity contribution >= 4 is 0 Å². The van der Waals surface area contributed by atoms with Crippen molar-refractivity contribution < 1.29 is 59.1 Å². The minimum Gasteiger partial charge on any atom is -0.394 e. The molecule has 18 nitrogen and oxygen atoms in total. The van der Waals surface area contributed by atoms with Crippen molar-refractivity contribution in [3.8, 4) is 0 Å². The molecular weight excluding hydrogens is 612 g/mol. The summed E-state index contributed by atoms with van der Waals surface area (Å²) in [6, 6.07) is -2.55. The molecule has 1 saturated carbocycles. The van der Waals surface area contributed by atoms with Gasteiger partial charge in [-0.2, -0.15) is 0 Å². The zero-order chi connectivity index (χ0) is 33.7. The minimum absolute atomic E-state index is 0.0567. The van der Waals surface area contributed by atoms with Crippen molar-refractivity contribution in [1.82, 2.24) is 5.32 Å². The number of aliphatic hydroxyl groups excluding tert-OH is 6. The first-order valence-corrected chi connectivity index (χ1v) is 15.9. The van der Waals surface area contributed by atoms with E-state index in [-0.39, 0.29) is 19.2 Å². The topological polar surface area (TPSA) is 319 Å². The Labute approximate surface area is 268 Å². The summed E-state index contributed by atoms with van der Waals surface area (Å²) >= 11 is 0. The lowest BCUT2D eigenvalue weighted by Crippen LogP contribution is -2.64. The molecule has 0 aromatic heterocycles. The third-order valence-corrected chi connectivity index (χ3v) is 9.18. The molecule has 1 aliphatic carbocycles. The fourth-order valence-corrected chi connectivity index (χ4v) is 6.44. The maximum Gasteiger partial charge on any atom is 0.187 e. The van der Waals surface area contributed by atoms with Gasteiger partial charge in [0.2, 0.25) is 0 Å². The summed E-state index contributed by atoms with van der Waals surface area (Å²) < 4.78 is 35.9. The Bertz CT molecular complexity index is 959. The van der Waals surface area contributed by atoms with Crippen LogP contribution in [-0.2, 0) is 28.4 Å². The molecule has 3 fully saturated rings. The van der Waals surface area contributed by atoms with E-state index in [4.69, 9.17) is 57.1 Å². The number of likely N-dealkylation sites (N-methyl/N-ethyl adjacent to an activating group) is 1. The van der Waals surface area contributed by atoms with Gasteiger partial charge < -0.3 is 93.0 Å². The van der Waals surface area contributed by atoms with Gasteiger partial charge in [-0.1, -0.05) is 12.2 Å². The highest BCUT2D eigenvalue weighted by Gasteiger charge is 2.53. The molecule has 4 aliphatic rings. The number of aliphatic hydroxyl groups is 6. The largest absolute Gasteiger partial charge is 0.394 e. The first-order chi connectivity index (χ1) is 21.9. The third kappa shape index (κ3) is 8.59. The summed E-state index contributed by atoms with van der Waals surface area (Å²) in [6.07, 6.45) is -11.3. The second kappa shape index (κ2) is 17.1. The lowest BCUT2D eigenvalue weighted by Gasteiger charge is -2.46. The van der Waals surface area contributed by atoms with Crippen molar-refractivity contribution in [1.29, 1.82) is 0 Å². The normalized spacial score (nSPS) is 47.3. The van der Waals surface area contributed by atoms with Crippen LogP contribution in [0.1, 0.15) is 19.3 Å². The lowest BCUT2D eigenvalue weighted by atomic mass is 9.77. The van der Waals surface area contributed by atoms with Crippen molar-refractivity contribution in [2.45, 2.75) is 123 Å². The summed E-state index contributed by atoms with van der Waals surface area (Å²) in [5, 5.41) is 66.7. The Hall–Kier alpha value is -0.980. The molecule has 3 aliphatic heterocycles. The molecule has 2 saturated heterocycles. The number of hydrogen-bond acceptors (Lipinski definition) is 18. The predicted molar refractivity (Wildman–Crippen MR) is 160 cm³/mol. The molecule has 0 radical (unpaired) electrons. The number of rotatable bonds is 14. The van der Waals surface area contributed by atoms with Crippen LogP contribution >= 0.6 is 0 Å². The molecule has 4 rings (SSSR count). The number of nitrogens with two attached hydrogens (primary N) is 5. The fraction of sp³-hybridized carbons (Fsp3) is 0.929. The van der Waals surface area contributed by atoms with E-state index >= 15 is 0 Å². The summed E-state index contributed by atoms with van der Waals surface area (Å²) in [6.45, 7) is -0.197. The molecule has 18 atom stereocenters. The van der Waals surface area contributed by atoms with Gasteiger partial charge in [0, 0.05) is 25.7 Å². The van der Waals surface area contributed by atoms with Crippen LogP contribution < -0.4 is 34.0 Å². The Balaban J connectivity index is 1.53. The maximum atomic E-state index is 11.6. The van der Waals surface area contributed by atoms with Gasteiger partial charge in [0.05, 0.1) is 37.0 Å². The van der Waals surface area contributed by atoms with Crippen molar-refractivity contribution in [2.75, 3.05) is 33.3 Å². The molecule has 0 spiro atoms. The lowest BCUT2D eigenvalue weighted by molar-refractivity contribution is -0.286. The molecule has 1 unspecified atom stereocenters. The average Bonchev–Trinajstić information content (AvgIpc) is 3.34. The number of nitrogens with one attached hydrogen (secondary N) is 1. The molecular formula is C28H54N6O12. The number of ether oxygens (including phenoxy) is 6. The molecule has 268 valence electrons. The van der Waals surface area contributed by atoms with Crippen LogP contribution in [-0.4, -0.2) is 168 Å². The summed E-state index contributed by atoms with van der Waals surface area (Å²) in [7, 11) is 1.78. The van der Waals surface area contributed by atoms with E-state index in [1.54, 1.807) is 13.1 Å². The van der Waals surface area contributed by atoms with Crippen LogP contribution in [0.2, 0.25) is 0 Å². The third-order valence-electron chi connectivity index (χ3n) is 9.18. The predicted octanol–water partition coefficient (Wildman–Crippen LogP) is -6.41. The van der Waals surface area contributed by atoms with Crippen molar-refractivity contribution in [3.63, 3.8) is 0 Å². The van der Waals surface area contributed by atoms with E-state index in [9.17, 15) is 30.6 Å². The first kappa shape index (κ1) is 37.8. The smallest absolute Gasteiger partial charge is 0.187 e. The van der Waals surface area contributed by atoms with Crippen molar-refractivity contribution in [3.05, 3.63) is 12.2 Å². The molecule has 0 amide bonds. The van der Waals surface area contributed by atoms with Gasteiger partial charge in [-0.3, -0.25) is 0 Å². The first-order valence-electron chi connectivity index (χ1n) is 15.9. The summed E-state index contributed by atoms with van der Waals surface area (Å²) in [4.78, 5) is 0. The van der Waals surface area contributed by atoms with Gasteiger partial charge in [-0.05, 0) is 32.2 Å². The zero-order valence-corrected chi connectivity index (χ0v) is 26.0. The van der Waals surface area contributed by atoms with Crippen LogP contribution in [0.5, 0.6) is 0 Å². The van der Waals surface area contributed by atoms with Crippen LogP contribution in [0.3, 0.4) is 0 Å². The molecule has 18 heteroatoms. The van der Waals surface area contributed by atoms with E-state index in [0.717, 1.165) is 0 Å². The standard InChI is InChI=1S/C28H54N6O12/c1-34-9-13-4-5-14(31)26(41-13)44-23-15(32)6-11(2-3-12(36)7-29)19(37)25(23)46-28-22(40)24(17(10-35)43-28)45-27-18(33)21(39)20(38)16(8-30)42-27/h4-5,11-28,34-40H,2-3,6-10,29-33H2,1H3/t11-,12?,13+,14-,15+,16+,17-,18-,19+,20-,21-,22-,23-,24-,25-,26-,27-,28+/m1/s1. The highest BCUT2D eigenvalue weighted by Crippen LogP contribution is 2.37. The Morgan fingerprint density at radius 1 is 0.826 bits per heavy atom. The van der Waals surface area contributed by atoms with E-state index in [0.29, 0.717) is 25.8 Å². The van der Waals surface area contributed by atoms with E-state index < -0.39 is 111 Å². The van der Waals surface area contributed by atoms with Gasteiger partial charge in [-0.25, -0.2) is 0 Å². The van der Waals surface area contributed by atoms with Gasteiger partial charge in [0.25, 0.3) is 0 Å². The highest BCUT2D eigenvalue weighted by molar-refractivity contribution is 5.05. The minimum atomic E-state index is -1.55. The molecule has 46 heavy (non-hydrogen) atoms. The highest BCUT2D eigenvalue weighted by atomic mass is 16.8. The molecule has 0 bridgehead atoms. The van der Waals surface area contributed by atoms with Crippen LogP contribution in [0.25, 0.3) is 0 Å². The molecule has 3 heterocycles. The maximum absolute atomic E-state index is 11.6. The van der Waals surface area contributed by atoms with E-state index in [1.165, 1.54) is 0 Å². The average molecular weight is 667 g/mol. The quantitative estimate of drug-likeness (QED) is 0.0767. The molecule has 0 aromatic carbocycles. The Kier molecular flexibility index (Phi) is 14.1. The SMILES string of the molecule is CNC[C@@H]1C=C[C@@H](N)[C@@H](O[C@H]2[C@H](O[C@@H]3O[C@H](CO)[C@@H](O[C@H]4O[C@@H](CN)[C@@H](O)[C@H](O)[C@H]4N)[C@H]3O)[C@@H](O)[C@H](CCC(O)CN)C[C@@H]2N)O1. The molecule has 17 N–H and O–H groups in total. The van der Waals surface area contributed by atoms with Crippen LogP contribution in [0.15, 0.2) is 12.2 Å². The zero-order valence-electron chi connectivity index (χ0n) is 26.0. The Morgan fingerprint density at radius 2 is 1.50 bits per heavy atom. The van der Waals surface area contributed by atoms with Crippen molar-refractivity contribution in [2.24, 2.45) is 34.6 Å². The molecule has 0 aromatic rings. The second-order valence-electron chi connectivity index (χ2n) is 12.5. The van der Waals surface area contributed by atoms with Gasteiger partial charge in [-0.15, -0.1) is 0 Å². The fourth-order valence-electron chi connectivity index (χ4n) is 6.44. The van der Waals surface area contributed by atoms with Gasteiger partial charge in [0.15, 0.2) is 18.9 Å². The van der Waals surface area contributed by atoms with E-state index in [1.807, 2.05) is 6.08 Å². The van der Waals surface area contributed by atoms with E-state index in [2.05, 4.69) is 5.32 Å². The second-order valence-corrected chi connectivity index (χ2v) is 12.5. The number of hydrogen-bond donors (Lipinski definition) is 12. The van der Waals surface area contributed by atoms with Crippen LogP contribution in [0, 0.1) is 5.92 Å². The van der Waals surface area contributed by atoms with Crippen LogP contribution in [0.4, 0.5) is 0 Å². The summed E-state index contributed by atoms with van der Waals surface area (Å²) in [5.74, 6) is -0.437. The van der Waals surface area contributed by atoms with Gasteiger partial charge >= 0.3 is 0 Å². The summed E-state index contributed by atoms with van der Waals surface area (Å²) in [5.41, 5.74) is 30.2. The van der Waals surface area contributed by atoms with Gasteiger partial charge in [0.1, 0.15) is 48.8 Å².